The third-order valence-electron chi connectivity index (χ3n) is 7.25. The number of aliphatic hydroxyl groups is 1. The smallest absolute Gasteiger partial charge is 0.435 e. The van der Waals surface area contributed by atoms with E-state index in [4.69, 9.17) is 4.74 Å². The van der Waals surface area contributed by atoms with Gasteiger partial charge in [-0.25, -0.2) is 4.68 Å². The van der Waals surface area contributed by atoms with Gasteiger partial charge in [0.2, 0.25) is 0 Å². The summed E-state index contributed by atoms with van der Waals surface area (Å²) in [6.07, 6.45) is -2.89. The van der Waals surface area contributed by atoms with E-state index in [1.807, 2.05) is 12.1 Å². The standard InChI is InChI=1S/C26H26F3N3O3/c1-24(2,34)25(13-14-25)16-4-6-17(7-5-16)31-15-12-20-21(23(31)33)32(30-22(20)26(27,28)29)18-8-10-19(35-3)11-9-18/h4-11,34H,12-15H2,1-3H3. The molecule has 1 aliphatic carbocycles. The highest BCUT2D eigenvalue weighted by atomic mass is 19.4. The molecule has 5 rings (SSSR count). The van der Waals surface area contributed by atoms with E-state index in [2.05, 4.69) is 5.10 Å². The normalized spacial score (nSPS) is 17.3. The van der Waals surface area contributed by atoms with E-state index >= 15 is 0 Å². The second kappa shape index (κ2) is 7.84. The highest BCUT2D eigenvalue weighted by Gasteiger charge is 2.54. The SMILES string of the molecule is COc1ccc(-n2nc(C(F)(F)F)c3c2C(=O)N(c2ccc(C4(C(C)(C)O)CC4)cc2)CC3)cc1. The van der Waals surface area contributed by atoms with Crippen LogP contribution in [-0.4, -0.2) is 40.0 Å². The molecule has 0 saturated heterocycles. The zero-order valence-corrected chi connectivity index (χ0v) is 19.7. The first-order valence-electron chi connectivity index (χ1n) is 11.4. The number of hydrogen-bond acceptors (Lipinski definition) is 4. The molecular formula is C26H26F3N3O3. The molecule has 1 amide bonds. The predicted octanol–water partition coefficient (Wildman–Crippen LogP) is 4.91. The van der Waals surface area contributed by atoms with E-state index in [-0.39, 0.29) is 29.6 Å². The van der Waals surface area contributed by atoms with Crippen molar-refractivity contribution in [3.05, 3.63) is 71.0 Å². The second-order valence-corrected chi connectivity index (χ2v) is 9.68. The molecule has 3 aromatic rings. The predicted molar refractivity (Wildman–Crippen MR) is 124 cm³/mol. The maximum Gasteiger partial charge on any atom is 0.435 e. The summed E-state index contributed by atoms with van der Waals surface area (Å²) in [6.45, 7) is 3.70. The summed E-state index contributed by atoms with van der Waals surface area (Å²) < 4.78 is 47.6. The summed E-state index contributed by atoms with van der Waals surface area (Å²) in [5, 5.41) is 14.4. The minimum atomic E-state index is -4.68. The van der Waals surface area contributed by atoms with Gasteiger partial charge in [0.25, 0.3) is 5.91 Å². The molecule has 0 bridgehead atoms. The van der Waals surface area contributed by atoms with Crippen LogP contribution in [0.25, 0.3) is 5.69 Å². The van der Waals surface area contributed by atoms with Gasteiger partial charge in [0.05, 0.1) is 18.4 Å². The van der Waals surface area contributed by atoms with E-state index in [1.54, 1.807) is 50.2 Å². The van der Waals surface area contributed by atoms with Crippen molar-refractivity contribution >= 4 is 11.6 Å². The molecule has 184 valence electrons. The molecule has 1 N–H and O–H groups in total. The highest BCUT2D eigenvalue weighted by Crippen LogP contribution is 2.55. The topological polar surface area (TPSA) is 67.6 Å². The van der Waals surface area contributed by atoms with Crippen molar-refractivity contribution in [1.29, 1.82) is 0 Å². The lowest BCUT2D eigenvalue weighted by Gasteiger charge is -2.31. The first kappa shape index (κ1) is 23.4. The zero-order valence-electron chi connectivity index (χ0n) is 19.7. The molecule has 1 aromatic heterocycles. The van der Waals surface area contributed by atoms with Crippen LogP contribution in [0.5, 0.6) is 5.75 Å². The number of hydrogen-bond donors (Lipinski definition) is 1. The number of amides is 1. The third-order valence-corrected chi connectivity index (χ3v) is 7.25. The summed E-state index contributed by atoms with van der Waals surface area (Å²) in [5.41, 5.74) is -0.481. The average Bonchev–Trinajstić information content (AvgIpc) is 3.54. The lowest BCUT2D eigenvalue weighted by Crippen LogP contribution is -2.39. The summed E-state index contributed by atoms with van der Waals surface area (Å²) >= 11 is 0. The van der Waals surface area contributed by atoms with E-state index < -0.39 is 23.4 Å². The van der Waals surface area contributed by atoms with Crippen molar-refractivity contribution in [2.45, 2.75) is 50.3 Å². The Morgan fingerprint density at radius 2 is 1.60 bits per heavy atom. The maximum absolute atomic E-state index is 13.8. The molecule has 2 heterocycles. The molecule has 0 spiro atoms. The number of carbonyl (C=O) groups is 1. The summed E-state index contributed by atoms with van der Waals surface area (Å²) in [6, 6.07) is 13.7. The molecule has 0 atom stereocenters. The van der Waals surface area contributed by atoms with E-state index in [0.29, 0.717) is 17.1 Å². The zero-order chi connectivity index (χ0) is 25.2. The fraction of sp³-hybridized carbons (Fsp3) is 0.385. The summed E-state index contributed by atoms with van der Waals surface area (Å²) in [5.74, 6) is -0.000191. The van der Waals surface area contributed by atoms with Crippen LogP contribution in [-0.2, 0) is 18.0 Å². The summed E-state index contributed by atoms with van der Waals surface area (Å²) in [4.78, 5) is 15.0. The molecule has 1 aliphatic heterocycles. The van der Waals surface area contributed by atoms with Crippen molar-refractivity contribution in [1.82, 2.24) is 9.78 Å². The molecule has 9 heteroatoms. The minimum absolute atomic E-state index is 0.0292. The van der Waals surface area contributed by atoms with Gasteiger partial charge in [0, 0.05) is 23.2 Å². The van der Waals surface area contributed by atoms with Gasteiger partial charge in [-0.05, 0) is 75.1 Å². The number of alkyl halides is 3. The molecule has 1 saturated carbocycles. The van der Waals surface area contributed by atoms with Crippen LogP contribution < -0.4 is 9.64 Å². The minimum Gasteiger partial charge on any atom is -0.497 e. The molecule has 0 unspecified atom stereocenters. The number of fused-ring (bicyclic) bond motifs is 1. The number of aromatic nitrogens is 2. The summed E-state index contributed by atoms with van der Waals surface area (Å²) in [7, 11) is 1.49. The lowest BCUT2D eigenvalue weighted by atomic mass is 9.81. The first-order valence-corrected chi connectivity index (χ1v) is 11.4. The van der Waals surface area contributed by atoms with Crippen molar-refractivity contribution in [3.8, 4) is 11.4 Å². The van der Waals surface area contributed by atoms with Gasteiger partial charge in [0.1, 0.15) is 11.4 Å². The van der Waals surface area contributed by atoms with Crippen LogP contribution in [0.3, 0.4) is 0 Å². The van der Waals surface area contributed by atoms with Crippen molar-refractivity contribution in [3.63, 3.8) is 0 Å². The lowest BCUT2D eigenvalue weighted by molar-refractivity contribution is -0.141. The molecular weight excluding hydrogens is 459 g/mol. The van der Waals surface area contributed by atoms with Gasteiger partial charge in [-0.3, -0.25) is 4.79 Å². The Balaban J connectivity index is 1.53. The van der Waals surface area contributed by atoms with E-state index in [0.717, 1.165) is 23.1 Å². The van der Waals surface area contributed by atoms with Gasteiger partial charge in [0.15, 0.2) is 5.69 Å². The highest BCUT2D eigenvalue weighted by molar-refractivity contribution is 6.07. The Hall–Kier alpha value is -3.33. The number of rotatable bonds is 5. The second-order valence-electron chi connectivity index (χ2n) is 9.68. The van der Waals surface area contributed by atoms with Gasteiger partial charge in [-0.1, -0.05) is 12.1 Å². The monoisotopic (exact) mass is 485 g/mol. The Kier molecular flexibility index (Phi) is 5.25. The number of halogens is 3. The molecule has 2 aliphatic rings. The number of ether oxygens (including phenoxy) is 1. The molecule has 1 fully saturated rings. The largest absolute Gasteiger partial charge is 0.497 e. The molecule has 2 aromatic carbocycles. The van der Waals surface area contributed by atoms with Gasteiger partial charge in [-0.2, -0.15) is 18.3 Å². The first-order chi connectivity index (χ1) is 16.5. The van der Waals surface area contributed by atoms with Crippen molar-refractivity contribution < 1.29 is 27.8 Å². The van der Waals surface area contributed by atoms with E-state index in [1.165, 1.54) is 12.0 Å². The number of carbonyl (C=O) groups excluding carboxylic acids is 1. The number of nitrogens with zero attached hydrogens (tertiary/aromatic N) is 3. The Morgan fingerprint density at radius 1 is 1.00 bits per heavy atom. The van der Waals surface area contributed by atoms with Crippen LogP contribution in [0, 0.1) is 0 Å². The van der Waals surface area contributed by atoms with Crippen LogP contribution in [0.2, 0.25) is 0 Å². The van der Waals surface area contributed by atoms with E-state index in [9.17, 15) is 23.1 Å². The molecule has 35 heavy (non-hydrogen) atoms. The van der Waals surface area contributed by atoms with Crippen LogP contribution in [0.1, 0.15) is 54.0 Å². The van der Waals surface area contributed by atoms with Crippen LogP contribution in [0.4, 0.5) is 18.9 Å². The Morgan fingerprint density at radius 3 is 2.11 bits per heavy atom. The van der Waals surface area contributed by atoms with Gasteiger partial charge in [-0.15, -0.1) is 0 Å². The van der Waals surface area contributed by atoms with Crippen molar-refractivity contribution in [2.75, 3.05) is 18.6 Å². The third kappa shape index (κ3) is 3.78. The number of benzene rings is 2. The maximum atomic E-state index is 13.8. The quantitative estimate of drug-likeness (QED) is 0.558. The number of methoxy groups -OCH3 is 1. The Bertz CT molecular complexity index is 1270. The molecule has 0 radical (unpaired) electrons. The van der Waals surface area contributed by atoms with Crippen LogP contribution >= 0.6 is 0 Å². The molecule has 6 nitrogen and oxygen atoms in total. The fourth-order valence-corrected chi connectivity index (χ4v) is 5.08. The van der Waals surface area contributed by atoms with Crippen molar-refractivity contribution in [2.24, 2.45) is 0 Å². The van der Waals surface area contributed by atoms with Gasteiger partial charge >= 0.3 is 6.18 Å². The average molecular weight is 486 g/mol. The fourth-order valence-electron chi connectivity index (χ4n) is 5.08. The van der Waals surface area contributed by atoms with Crippen LogP contribution in [0.15, 0.2) is 48.5 Å². The Labute approximate surface area is 200 Å². The van der Waals surface area contributed by atoms with Gasteiger partial charge < -0.3 is 14.7 Å². The number of anilines is 1.